The number of hydrogen-bond acceptors (Lipinski definition) is 3. The Kier molecular flexibility index (Phi) is 5.52. The molecule has 0 aliphatic rings. The van der Waals surface area contributed by atoms with Crippen molar-refractivity contribution in [1.29, 1.82) is 0 Å². The lowest BCUT2D eigenvalue weighted by molar-refractivity contribution is -0.114. The molecule has 136 valence electrons. The number of amides is 2. The van der Waals surface area contributed by atoms with E-state index < -0.39 is 0 Å². The fourth-order valence-corrected chi connectivity index (χ4v) is 2.81. The molecule has 0 aromatic heterocycles. The molecule has 0 aliphatic heterocycles. The highest BCUT2D eigenvalue weighted by Gasteiger charge is 2.14. The van der Waals surface area contributed by atoms with E-state index in [9.17, 15) is 9.59 Å². The second kappa shape index (κ2) is 8.19. The van der Waals surface area contributed by atoms with Gasteiger partial charge >= 0.3 is 0 Å². The van der Waals surface area contributed by atoms with E-state index in [0.717, 1.165) is 11.1 Å². The van der Waals surface area contributed by atoms with Crippen molar-refractivity contribution in [2.24, 2.45) is 0 Å². The Morgan fingerprint density at radius 3 is 2.26 bits per heavy atom. The zero-order valence-corrected chi connectivity index (χ0v) is 15.2. The zero-order valence-electron chi connectivity index (χ0n) is 15.2. The minimum atomic E-state index is -0.219. The summed E-state index contributed by atoms with van der Waals surface area (Å²) in [5, 5.41) is 5.58. The summed E-state index contributed by atoms with van der Waals surface area (Å²) in [4.78, 5) is 24.1. The Hall–Kier alpha value is -3.60. The molecule has 0 saturated heterocycles. The Morgan fingerprint density at radius 1 is 0.852 bits per heavy atom. The first-order valence-corrected chi connectivity index (χ1v) is 8.50. The van der Waals surface area contributed by atoms with Crippen LogP contribution in [-0.4, -0.2) is 18.9 Å². The Labute approximate surface area is 158 Å². The minimum absolute atomic E-state index is 0.193. The van der Waals surface area contributed by atoms with Gasteiger partial charge in [-0.05, 0) is 29.3 Å². The van der Waals surface area contributed by atoms with Gasteiger partial charge < -0.3 is 15.4 Å². The second-order valence-electron chi connectivity index (χ2n) is 5.96. The van der Waals surface area contributed by atoms with Gasteiger partial charge in [0.2, 0.25) is 5.91 Å². The third kappa shape index (κ3) is 4.33. The van der Waals surface area contributed by atoms with Crippen molar-refractivity contribution in [2.75, 3.05) is 17.7 Å². The van der Waals surface area contributed by atoms with Crippen LogP contribution in [-0.2, 0) is 4.79 Å². The van der Waals surface area contributed by atoms with Crippen molar-refractivity contribution in [1.82, 2.24) is 0 Å². The molecule has 0 bridgehead atoms. The lowest BCUT2D eigenvalue weighted by Crippen LogP contribution is -2.13. The minimum Gasteiger partial charge on any atom is -0.494 e. The summed E-state index contributed by atoms with van der Waals surface area (Å²) in [7, 11) is 1.51. The van der Waals surface area contributed by atoms with E-state index in [-0.39, 0.29) is 11.8 Å². The normalized spacial score (nSPS) is 10.1. The van der Waals surface area contributed by atoms with E-state index in [0.29, 0.717) is 22.7 Å². The third-order valence-corrected chi connectivity index (χ3v) is 4.03. The first-order valence-electron chi connectivity index (χ1n) is 8.50. The van der Waals surface area contributed by atoms with Gasteiger partial charge in [0.05, 0.1) is 12.8 Å². The number of methoxy groups -OCH3 is 1. The summed E-state index contributed by atoms with van der Waals surface area (Å²) in [6, 6.07) is 22.3. The van der Waals surface area contributed by atoms with E-state index >= 15 is 0 Å². The van der Waals surface area contributed by atoms with E-state index in [4.69, 9.17) is 4.74 Å². The molecule has 2 N–H and O–H groups in total. The van der Waals surface area contributed by atoms with Gasteiger partial charge in [-0.25, -0.2) is 0 Å². The van der Waals surface area contributed by atoms with Crippen LogP contribution < -0.4 is 15.4 Å². The van der Waals surface area contributed by atoms with E-state index in [2.05, 4.69) is 10.6 Å². The van der Waals surface area contributed by atoms with Gasteiger partial charge in [0, 0.05) is 24.2 Å². The number of ether oxygens (including phenoxy) is 1. The van der Waals surface area contributed by atoms with Crippen LogP contribution in [0.1, 0.15) is 17.3 Å². The summed E-state index contributed by atoms with van der Waals surface area (Å²) in [5.41, 5.74) is 3.54. The predicted octanol–water partition coefficient (Wildman–Crippen LogP) is 4.57. The van der Waals surface area contributed by atoms with E-state index in [1.54, 1.807) is 24.3 Å². The van der Waals surface area contributed by atoms with Crippen LogP contribution in [0.4, 0.5) is 11.4 Å². The van der Waals surface area contributed by atoms with Crippen molar-refractivity contribution in [3.63, 3.8) is 0 Å². The maximum Gasteiger partial charge on any atom is 0.256 e. The molecule has 0 fully saturated rings. The van der Waals surface area contributed by atoms with Crippen LogP contribution in [0.2, 0.25) is 0 Å². The quantitative estimate of drug-likeness (QED) is 0.700. The summed E-state index contributed by atoms with van der Waals surface area (Å²) < 4.78 is 5.30. The highest BCUT2D eigenvalue weighted by atomic mass is 16.5. The number of nitrogens with one attached hydrogen (secondary N) is 2. The molecule has 0 atom stereocenters. The van der Waals surface area contributed by atoms with Crippen LogP contribution in [0, 0.1) is 0 Å². The average Bonchev–Trinajstić information content (AvgIpc) is 2.69. The fraction of sp³-hybridized carbons (Fsp3) is 0.0909. The molecule has 0 aliphatic carbocycles. The molecule has 5 nitrogen and oxygen atoms in total. The number of hydrogen-bond donors (Lipinski definition) is 2. The molecular weight excluding hydrogens is 340 g/mol. The highest BCUT2D eigenvalue weighted by molar-refractivity contribution is 6.09. The number of rotatable bonds is 5. The van der Waals surface area contributed by atoms with Gasteiger partial charge in [0.15, 0.2) is 0 Å². The Balaban J connectivity index is 1.87. The van der Waals surface area contributed by atoms with Crippen LogP contribution in [0.15, 0.2) is 72.8 Å². The van der Waals surface area contributed by atoms with Gasteiger partial charge in [0.25, 0.3) is 5.91 Å². The number of anilines is 2. The lowest BCUT2D eigenvalue weighted by Gasteiger charge is -2.13. The standard InChI is InChI=1S/C22H20N2O3/c1-15(25)23-20-13-12-17(14-21(20)27-2)24-22(26)19-11-7-6-10-18(19)16-8-4-3-5-9-16/h3-14H,1-2H3,(H,23,25)(H,24,26). The van der Waals surface area contributed by atoms with Gasteiger partial charge in [0.1, 0.15) is 5.75 Å². The average molecular weight is 360 g/mol. The molecule has 0 saturated carbocycles. The SMILES string of the molecule is COc1cc(NC(=O)c2ccccc2-c2ccccc2)ccc1NC(C)=O. The predicted molar refractivity (Wildman–Crippen MR) is 107 cm³/mol. The molecule has 5 heteroatoms. The van der Waals surface area contributed by atoms with Crippen molar-refractivity contribution in [2.45, 2.75) is 6.92 Å². The highest BCUT2D eigenvalue weighted by Crippen LogP contribution is 2.29. The molecule has 0 unspecified atom stereocenters. The van der Waals surface area contributed by atoms with Gasteiger partial charge in [-0.3, -0.25) is 9.59 Å². The lowest BCUT2D eigenvalue weighted by atomic mass is 9.99. The third-order valence-electron chi connectivity index (χ3n) is 4.03. The molecule has 27 heavy (non-hydrogen) atoms. The monoisotopic (exact) mass is 360 g/mol. The van der Waals surface area contributed by atoms with E-state index in [1.807, 2.05) is 48.5 Å². The topological polar surface area (TPSA) is 67.4 Å². The van der Waals surface area contributed by atoms with Crippen LogP contribution >= 0.6 is 0 Å². The van der Waals surface area contributed by atoms with Crippen LogP contribution in [0.25, 0.3) is 11.1 Å². The largest absolute Gasteiger partial charge is 0.494 e. The summed E-state index contributed by atoms with van der Waals surface area (Å²) in [6.45, 7) is 1.43. The van der Waals surface area contributed by atoms with Crippen molar-refractivity contribution >= 4 is 23.2 Å². The second-order valence-corrected chi connectivity index (χ2v) is 5.96. The maximum absolute atomic E-state index is 12.8. The Morgan fingerprint density at radius 2 is 1.56 bits per heavy atom. The molecule has 3 rings (SSSR count). The van der Waals surface area contributed by atoms with Gasteiger partial charge in [-0.2, -0.15) is 0 Å². The van der Waals surface area contributed by atoms with Gasteiger partial charge in [-0.15, -0.1) is 0 Å². The zero-order chi connectivity index (χ0) is 19.2. The van der Waals surface area contributed by atoms with Crippen LogP contribution in [0.3, 0.4) is 0 Å². The number of carbonyl (C=O) groups is 2. The molecule has 0 heterocycles. The van der Waals surface area contributed by atoms with E-state index in [1.165, 1.54) is 14.0 Å². The smallest absolute Gasteiger partial charge is 0.256 e. The summed E-state index contributed by atoms with van der Waals surface area (Å²) >= 11 is 0. The fourth-order valence-electron chi connectivity index (χ4n) is 2.81. The summed E-state index contributed by atoms with van der Waals surface area (Å²) in [6.07, 6.45) is 0. The molecule has 0 spiro atoms. The first kappa shape index (κ1) is 18.2. The number of benzene rings is 3. The molecule has 0 radical (unpaired) electrons. The molecular formula is C22H20N2O3. The van der Waals surface area contributed by atoms with Crippen molar-refractivity contribution < 1.29 is 14.3 Å². The van der Waals surface area contributed by atoms with Crippen LogP contribution in [0.5, 0.6) is 5.75 Å². The molecule has 3 aromatic rings. The maximum atomic E-state index is 12.8. The van der Waals surface area contributed by atoms with Crippen molar-refractivity contribution in [3.8, 4) is 16.9 Å². The number of carbonyl (C=O) groups excluding carboxylic acids is 2. The molecule has 3 aromatic carbocycles. The Bertz CT molecular complexity index is 968. The summed E-state index contributed by atoms with van der Waals surface area (Å²) in [5.74, 6) is 0.0602. The van der Waals surface area contributed by atoms with Crippen molar-refractivity contribution in [3.05, 3.63) is 78.4 Å². The van der Waals surface area contributed by atoms with Gasteiger partial charge in [-0.1, -0.05) is 48.5 Å². The first-order chi connectivity index (χ1) is 13.1. The molecule has 2 amide bonds.